The summed E-state index contributed by atoms with van der Waals surface area (Å²) in [5.41, 5.74) is 2.17. The number of halogens is 1. The second kappa shape index (κ2) is 7.51. The largest absolute Gasteiger partial charge is 0.332 e. The number of benzene rings is 2. The molecule has 0 saturated carbocycles. The van der Waals surface area contributed by atoms with Crippen LogP contribution in [0.2, 0.25) is 0 Å². The molecule has 0 spiro atoms. The standard InChI is InChI=1S/C17H11BrN6OS2/c18-13-7-2-1-6-12(13)14(25)21-16(26)20-11-5-3-4-10(8-11)15-23-24-9-19-22-17(24)27-15/h1-9H,(H2,20,21,25,26). The third kappa shape index (κ3) is 3.87. The van der Waals surface area contributed by atoms with Crippen LogP contribution in [0.5, 0.6) is 0 Å². The molecule has 2 N–H and O–H groups in total. The molecule has 10 heteroatoms. The number of hydrogen-bond donors (Lipinski definition) is 2. The minimum Gasteiger partial charge on any atom is -0.332 e. The van der Waals surface area contributed by atoms with Crippen LogP contribution in [0.15, 0.2) is 59.3 Å². The third-order valence-corrected chi connectivity index (χ3v) is 5.46. The maximum atomic E-state index is 12.3. The van der Waals surface area contributed by atoms with Crippen molar-refractivity contribution in [3.63, 3.8) is 0 Å². The summed E-state index contributed by atoms with van der Waals surface area (Å²) in [5.74, 6) is -0.287. The minimum absolute atomic E-state index is 0.214. The van der Waals surface area contributed by atoms with Crippen molar-refractivity contribution in [2.75, 3.05) is 5.32 Å². The van der Waals surface area contributed by atoms with E-state index in [9.17, 15) is 4.79 Å². The first-order valence-electron chi connectivity index (χ1n) is 7.74. The fraction of sp³-hybridized carbons (Fsp3) is 0. The Kier molecular flexibility index (Phi) is 4.92. The van der Waals surface area contributed by atoms with E-state index in [1.54, 1.807) is 29.0 Å². The first kappa shape index (κ1) is 17.7. The number of hydrogen-bond acceptors (Lipinski definition) is 6. The first-order valence-corrected chi connectivity index (χ1v) is 9.76. The maximum Gasteiger partial charge on any atom is 0.258 e. The van der Waals surface area contributed by atoms with Gasteiger partial charge in [-0.1, -0.05) is 35.6 Å². The molecule has 7 nitrogen and oxygen atoms in total. The van der Waals surface area contributed by atoms with Crippen LogP contribution in [0.1, 0.15) is 10.4 Å². The summed E-state index contributed by atoms with van der Waals surface area (Å²) in [6, 6.07) is 14.8. The SMILES string of the molecule is O=C(NC(=S)Nc1cccc(-c2nn3cnnc3s2)c1)c1ccccc1Br. The lowest BCUT2D eigenvalue weighted by Crippen LogP contribution is -2.34. The van der Waals surface area contributed by atoms with E-state index in [0.717, 1.165) is 21.2 Å². The van der Waals surface area contributed by atoms with E-state index in [1.165, 1.54) is 11.3 Å². The molecule has 134 valence electrons. The van der Waals surface area contributed by atoms with Crippen molar-refractivity contribution >= 4 is 61.2 Å². The maximum absolute atomic E-state index is 12.3. The molecule has 4 aromatic rings. The molecule has 0 saturated heterocycles. The molecule has 0 aliphatic carbocycles. The highest BCUT2D eigenvalue weighted by Gasteiger charge is 2.12. The van der Waals surface area contributed by atoms with Crippen LogP contribution < -0.4 is 10.6 Å². The zero-order chi connectivity index (χ0) is 18.8. The summed E-state index contributed by atoms with van der Waals surface area (Å²) >= 11 is 10.1. The number of carbonyl (C=O) groups excluding carboxylic acids is 1. The predicted molar refractivity (Wildman–Crippen MR) is 112 cm³/mol. The van der Waals surface area contributed by atoms with Crippen LogP contribution in [-0.4, -0.2) is 30.8 Å². The minimum atomic E-state index is -0.287. The van der Waals surface area contributed by atoms with Crippen molar-refractivity contribution in [1.29, 1.82) is 0 Å². The molecule has 0 bridgehead atoms. The van der Waals surface area contributed by atoms with E-state index < -0.39 is 0 Å². The predicted octanol–water partition coefficient (Wildman–Crippen LogP) is 3.74. The number of amides is 1. The van der Waals surface area contributed by atoms with Crippen molar-refractivity contribution in [3.8, 4) is 10.6 Å². The Labute approximate surface area is 171 Å². The summed E-state index contributed by atoms with van der Waals surface area (Å²) < 4.78 is 2.33. The summed E-state index contributed by atoms with van der Waals surface area (Å²) in [6.07, 6.45) is 1.56. The van der Waals surface area contributed by atoms with Crippen LogP contribution in [0.4, 0.5) is 5.69 Å². The lowest BCUT2D eigenvalue weighted by atomic mass is 10.2. The third-order valence-electron chi connectivity index (χ3n) is 3.60. The number of nitrogens with zero attached hydrogens (tertiary/aromatic N) is 4. The molecule has 0 fully saturated rings. The normalized spacial score (nSPS) is 10.7. The van der Waals surface area contributed by atoms with Crippen molar-refractivity contribution in [1.82, 2.24) is 25.1 Å². The van der Waals surface area contributed by atoms with E-state index in [-0.39, 0.29) is 11.0 Å². The molecule has 2 aromatic heterocycles. The average molecular weight is 459 g/mol. The lowest BCUT2D eigenvalue weighted by Gasteiger charge is -2.11. The van der Waals surface area contributed by atoms with Gasteiger partial charge < -0.3 is 5.32 Å². The van der Waals surface area contributed by atoms with E-state index in [2.05, 4.69) is 41.9 Å². The number of aromatic nitrogens is 4. The van der Waals surface area contributed by atoms with E-state index >= 15 is 0 Å². The summed E-state index contributed by atoms with van der Waals surface area (Å²) in [7, 11) is 0. The van der Waals surface area contributed by atoms with Crippen LogP contribution in [0.25, 0.3) is 15.5 Å². The Bertz CT molecular complexity index is 1130. The van der Waals surface area contributed by atoms with E-state index in [4.69, 9.17) is 12.2 Å². The second-order valence-electron chi connectivity index (χ2n) is 5.43. The molecule has 0 atom stereocenters. The van der Waals surface area contributed by atoms with Gasteiger partial charge in [-0.2, -0.15) is 9.61 Å². The molecule has 0 aliphatic heterocycles. The topological polar surface area (TPSA) is 84.2 Å². The number of fused-ring (bicyclic) bond motifs is 1. The molecule has 27 heavy (non-hydrogen) atoms. The Morgan fingerprint density at radius 3 is 2.85 bits per heavy atom. The quantitative estimate of drug-likeness (QED) is 0.454. The first-order chi connectivity index (χ1) is 13.1. The van der Waals surface area contributed by atoms with Crippen molar-refractivity contribution in [2.45, 2.75) is 0 Å². The molecule has 0 radical (unpaired) electrons. The summed E-state index contributed by atoms with van der Waals surface area (Å²) in [6.45, 7) is 0. The highest BCUT2D eigenvalue weighted by Crippen LogP contribution is 2.26. The molecule has 0 aliphatic rings. The molecule has 4 rings (SSSR count). The lowest BCUT2D eigenvalue weighted by molar-refractivity contribution is 0.0977. The molecular weight excluding hydrogens is 448 g/mol. The van der Waals surface area contributed by atoms with Gasteiger partial charge >= 0.3 is 0 Å². The fourth-order valence-corrected chi connectivity index (χ4v) is 3.88. The van der Waals surface area contributed by atoms with Gasteiger partial charge in [-0.05, 0) is 52.4 Å². The monoisotopic (exact) mass is 458 g/mol. The Morgan fingerprint density at radius 1 is 1.19 bits per heavy atom. The van der Waals surface area contributed by atoms with Crippen molar-refractivity contribution in [2.24, 2.45) is 0 Å². The van der Waals surface area contributed by atoms with Gasteiger partial charge in [0.25, 0.3) is 5.91 Å². The van der Waals surface area contributed by atoms with Gasteiger partial charge in [0.05, 0.1) is 5.56 Å². The average Bonchev–Trinajstić information content (AvgIpc) is 3.24. The van der Waals surface area contributed by atoms with Crippen LogP contribution in [0, 0.1) is 0 Å². The molecule has 2 heterocycles. The van der Waals surface area contributed by atoms with Gasteiger partial charge in [-0.15, -0.1) is 10.2 Å². The number of thiocarbonyl (C=S) groups is 1. The van der Waals surface area contributed by atoms with E-state index in [0.29, 0.717) is 10.0 Å². The molecule has 0 unspecified atom stereocenters. The zero-order valence-corrected chi connectivity index (χ0v) is 16.8. The Hall–Kier alpha value is -2.69. The Balaban J connectivity index is 1.48. The molecule has 2 aromatic carbocycles. The van der Waals surface area contributed by atoms with Crippen molar-refractivity contribution < 1.29 is 4.79 Å². The van der Waals surface area contributed by atoms with Crippen molar-refractivity contribution in [3.05, 3.63) is 64.9 Å². The van der Waals surface area contributed by atoms with Crippen LogP contribution in [-0.2, 0) is 0 Å². The number of nitrogens with one attached hydrogen (secondary N) is 2. The number of anilines is 1. The van der Waals surface area contributed by atoms with Crippen LogP contribution >= 0.6 is 39.5 Å². The van der Waals surface area contributed by atoms with Gasteiger partial charge in [0, 0.05) is 15.7 Å². The second-order valence-corrected chi connectivity index (χ2v) is 7.65. The van der Waals surface area contributed by atoms with Gasteiger partial charge in [-0.25, -0.2) is 0 Å². The number of carbonyl (C=O) groups is 1. The summed E-state index contributed by atoms with van der Waals surface area (Å²) in [5, 5.41) is 19.0. The molecular formula is C17H11BrN6OS2. The number of rotatable bonds is 3. The Morgan fingerprint density at radius 2 is 2.04 bits per heavy atom. The van der Waals surface area contributed by atoms with Gasteiger partial charge in [0.15, 0.2) is 5.11 Å². The van der Waals surface area contributed by atoms with Gasteiger partial charge in [0.1, 0.15) is 11.3 Å². The van der Waals surface area contributed by atoms with Gasteiger partial charge in [0.2, 0.25) is 4.96 Å². The van der Waals surface area contributed by atoms with E-state index in [1.807, 2.05) is 30.3 Å². The highest BCUT2D eigenvalue weighted by atomic mass is 79.9. The van der Waals surface area contributed by atoms with Crippen LogP contribution in [0.3, 0.4) is 0 Å². The fourth-order valence-electron chi connectivity index (χ4n) is 2.38. The summed E-state index contributed by atoms with van der Waals surface area (Å²) in [4.78, 5) is 13.1. The molecule has 1 amide bonds. The highest BCUT2D eigenvalue weighted by molar-refractivity contribution is 9.10. The smallest absolute Gasteiger partial charge is 0.258 e. The van der Waals surface area contributed by atoms with Gasteiger partial charge in [-0.3, -0.25) is 10.1 Å². The zero-order valence-electron chi connectivity index (χ0n) is 13.6.